The maximum absolute atomic E-state index is 6.13. The van der Waals surface area contributed by atoms with Crippen LogP contribution < -0.4 is 0 Å². The molecule has 0 aliphatic carbocycles. The largest absolute Gasteiger partial charge is 0.360 e. The van der Waals surface area contributed by atoms with E-state index in [9.17, 15) is 0 Å². The van der Waals surface area contributed by atoms with Crippen molar-refractivity contribution in [1.29, 1.82) is 0 Å². The smallest absolute Gasteiger partial charge is 0.142 e. The Bertz CT molecular complexity index is 967. The van der Waals surface area contributed by atoms with Crippen LogP contribution in [0.5, 0.6) is 0 Å². The molecule has 28 heavy (non-hydrogen) atoms. The van der Waals surface area contributed by atoms with Gasteiger partial charge < -0.3 is 4.52 Å². The van der Waals surface area contributed by atoms with Crippen LogP contribution >= 0.6 is 23.2 Å². The van der Waals surface area contributed by atoms with Crippen LogP contribution in [0.3, 0.4) is 0 Å². The van der Waals surface area contributed by atoms with Crippen LogP contribution in [-0.4, -0.2) is 29.2 Å². The number of likely N-dealkylation sites (N-methyl/N-ethyl adjacent to an activating group) is 1. The van der Waals surface area contributed by atoms with E-state index in [1.165, 1.54) is 18.4 Å². The first-order chi connectivity index (χ1) is 13.6. The maximum atomic E-state index is 6.13. The normalized spacial score (nSPS) is 27.2. The van der Waals surface area contributed by atoms with Gasteiger partial charge in [0.1, 0.15) is 11.5 Å². The first-order valence-electron chi connectivity index (χ1n) is 9.80. The van der Waals surface area contributed by atoms with E-state index in [0.29, 0.717) is 23.9 Å². The second-order valence-corrected chi connectivity index (χ2v) is 8.88. The van der Waals surface area contributed by atoms with Gasteiger partial charge >= 0.3 is 0 Å². The summed E-state index contributed by atoms with van der Waals surface area (Å²) in [5, 5.41) is 5.89. The maximum Gasteiger partial charge on any atom is 0.142 e. The molecule has 3 nitrogen and oxygen atoms in total. The molecule has 0 N–H and O–H groups in total. The minimum atomic E-state index is 0.290. The number of halogens is 2. The molecule has 3 aromatic rings. The highest BCUT2D eigenvalue weighted by atomic mass is 35.5. The quantitative estimate of drug-likeness (QED) is 0.499. The molecular formula is C23H22Cl2N2O. The number of nitrogens with zero attached hydrogens (tertiary/aromatic N) is 2. The zero-order valence-corrected chi connectivity index (χ0v) is 17.2. The van der Waals surface area contributed by atoms with Gasteiger partial charge in [0.15, 0.2) is 0 Å². The molecule has 2 aliphatic heterocycles. The highest BCUT2D eigenvalue weighted by molar-refractivity contribution is 6.30. The zero-order chi connectivity index (χ0) is 19.3. The van der Waals surface area contributed by atoms with Gasteiger partial charge in [-0.1, -0.05) is 52.6 Å². The molecule has 0 spiro atoms. The highest BCUT2D eigenvalue weighted by Gasteiger charge is 2.48. The Kier molecular flexibility index (Phi) is 4.70. The molecule has 5 rings (SSSR count). The number of hydrogen-bond donors (Lipinski definition) is 0. The lowest BCUT2D eigenvalue weighted by Crippen LogP contribution is -2.44. The third kappa shape index (κ3) is 3.16. The molecule has 5 heteroatoms. The van der Waals surface area contributed by atoms with Crippen molar-refractivity contribution in [3.8, 4) is 11.3 Å². The van der Waals surface area contributed by atoms with Crippen molar-refractivity contribution in [2.45, 2.75) is 43.2 Å². The van der Waals surface area contributed by atoms with E-state index < -0.39 is 0 Å². The summed E-state index contributed by atoms with van der Waals surface area (Å²) in [5.74, 6) is 1.68. The SMILES string of the molecule is CN1C2CC[C@@H]1CC(c1ccc(Cl)cc1)[C@@H]2c1cc(-c2ccc(Cl)cc2)no1. The fourth-order valence-electron chi connectivity index (χ4n) is 5.11. The molecule has 2 fully saturated rings. The number of rotatable bonds is 3. The Balaban J connectivity index is 1.53. The predicted octanol–water partition coefficient (Wildman–Crippen LogP) is 6.38. The Labute approximate surface area is 175 Å². The molecule has 2 bridgehead atoms. The van der Waals surface area contributed by atoms with E-state index in [1.807, 2.05) is 36.4 Å². The fourth-order valence-corrected chi connectivity index (χ4v) is 5.36. The molecule has 0 radical (unpaired) electrons. The summed E-state index contributed by atoms with van der Waals surface area (Å²) < 4.78 is 5.93. The van der Waals surface area contributed by atoms with Gasteiger partial charge in [-0.2, -0.15) is 0 Å². The summed E-state index contributed by atoms with van der Waals surface area (Å²) >= 11 is 12.2. The minimum Gasteiger partial charge on any atom is -0.360 e. The van der Waals surface area contributed by atoms with E-state index in [1.54, 1.807) is 0 Å². The molecular weight excluding hydrogens is 391 g/mol. The van der Waals surface area contributed by atoms with Crippen LogP contribution in [0.2, 0.25) is 10.0 Å². The van der Waals surface area contributed by atoms with E-state index in [0.717, 1.165) is 33.5 Å². The average Bonchev–Trinajstić information content (AvgIpc) is 3.26. The van der Waals surface area contributed by atoms with Gasteiger partial charge in [-0.3, -0.25) is 4.90 Å². The van der Waals surface area contributed by atoms with Gasteiger partial charge in [0, 0.05) is 39.7 Å². The van der Waals surface area contributed by atoms with Crippen molar-refractivity contribution in [1.82, 2.24) is 10.1 Å². The van der Waals surface area contributed by atoms with E-state index in [-0.39, 0.29) is 0 Å². The second-order valence-electron chi connectivity index (χ2n) is 8.00. The van der Waals surface area contributed by atoms with E-state index >= 15 is 0 Å². The molecule has 0 amide bonds. The molecule has 2 saturated heterocycles. The Morgan fingerprint density at radius 1 is 0.964 bits per heavy atom. The summed E-state index contributed by atoms with van der Waals surface area (Å²) in [7, 11) is 2.25. The minimum absolute atomic E-state index is 0.290. The highest BCUT2D eigenvalue weighted by Crippen LogP contribution is 2.51. The molecule has 3 heterocycles. The molecule has 2 aliphatic rings. The Hall–Kier alpha value is -1.81. The van der Waals surface area contributed by atoms with Crippen LogP contribution in [0.4, 0.5) is 0 Å². The van der Waals surface area contributed by atoms with Gasteiger partial charge in [-0.25, -0.2) is 0 Å². The van der Waals surface area contributed by atoms with Crippen LogP contribution in [-0.2, 0) is 0 Å². The lowest BCUT2D eigenvalue weighted by atomic mass is 9.75. The first kappa shape index (κ1) is 18.2. The van der Waals surface area contributed by atoms with Crippen molar-refractivity contribution < 1.29 is 4.52 Å². The van der Waals surface area contributed by atoms with Gasteiger partial charge in [0.2, 0.25) is 0 Å². The Morgan fingerprint density at radius 3 is 2.36 bits per heavy atom. The van der Waals surface area contributed by atoms with Crippen molar-refractivity contribution in [2.24, 2.45) is 0 Å². The van der Waals surface area contributed by atoms with Crippen molar-refractivity contribution in [3.05, 3.63) is 76.0 Å². The second kappa shape index (κ2) is 7.22. The molecule has 144 valence electrons. The molecule has 1 aromatic heterocycles. The molecule has 2 unspecified atom stereocenters. The zero-order valence-electron chi connectivity index (χ0n) is 15.7. The number of benzene rings is 2. The van der Waals surface area contributed by atoms with E-state index in [4.69, 9.17) is 27.7 Å². The predicted molar refractivity (Wildman–Crippen MR) is 113 cm³/mol. The number of fused-ring (bicyclic) bond motifs is 2. The van der Waals surface area contributed by atoms with Crippen LogP contribution in [0.1, 0.15) is 42.4 Å². The molecule has 0 saturated carbocycles. The van der Waals surface area contributed by atoms with Crippen molar-refractivity contribution >= 4 is 23.2 Å². The van der Waals surface area contributed by atoms with Gasteiger partial charge in [0.05, 0.1) is 0 Å². The summed E-state index contributed by atoms with van der Waals surface area (Å²) in [4.78, 5) is 2.54. The van der Waals surface area contributed by atoms with E-state index in [2.05, 4.69) is 35.3 Å². The topological polar surface area (TPSA) is 29.3 Å². The standard InChI is InChI=1S/C23H22Cl2N2O/c1-27-18-10-11-21(27)23(19(12-18)14-2-6-16(24)7-3-14)22-13-20(26-28-22)15-4-8-17(25)9-5-15/h2-9,13,18-19,21,23H,10-12H2,1H3/t18-,19?,21?,23+/m1/s1. The summed E-state index contributed by atoms with van der Waals surface area (Å²) in [6.45, 7) is 0. The first-order valence-corrected chi connectivity index (χ1v) is 10.6. The van der Waals surface area contributed by atoms with Crippen molar-refractivity contribution in [2.75, 3.05) is 7.05 Å². The third-order valence-corrected chi connectivity index (χ3v) is 7.07. The average molecular weight is 413 g/mol. The monoisotopic (exact) mass is 412 g/mol. The van der Waals surface area contributed by atoms with Crippen molar-refractivity contribution in [3.63, 3.8) is 0 Å². The van der Waals surface area contributed by atoms with Crippen LogP contribution in [0.15, 0.2) is 59.1 Å². The number of hydrogen-bond acceptors (Lipinski definition) is 3. The summed E-state index contributed by atoms with van der Waals surface area (Å²) in [6, 6.07) is 19.3. The Morgan fingerprint density at radius 2 is 1.64 bits per heavy atom. The summed E-state index contributed by atoms with van der Waals surface area (Å²) in [6.07, 6.45) is 3.59. The molecule has 2 aromatic carbocycles. The van der Waals surface area contributed by atoms with Gasteiger partial charge in [-0.05, 0) is 62.1 Å². The lowest BCUT2D eigenvalue weighted by Gasteiger charge is -2.42. The molecule has 4 atom stereocenters. The number of piperidine rings is 1. The lowest BCUT2D eigenvalue weighted by molar-refractivity contribution is 0.122. The van der Waals surface area contributed by atoms with Gasteiger partial charge in [-0.15, -0.1) is 0 Å². The van der Waals surface area contributed by atoms with Gasteiger partial charge in [0.25, 0.3) is 0 Å². The van der Waals surface area contributed by atoms with Crippen LogP contribution in [0.25, 0.3) is 11.3 Å². The summed E-state index contributed by atoms with van der Waals surface area (Å²) in [5.41, 5.74) is 3.23. The third-order valence-electron chi connectivity index (χ3n) is 6.56. The number of aromatic nitrogens is 1. The van der Waals surface area contributed by atoms with Crippen LogP contribution in [0, 0.1) is 0 Å². The fraction of sp³-hybridized carbons (Fsp3) is 0.348.